The highest BCUT2D eigenvalue weighted by molar-refractivity contribution is 5.84. The highest BCUT2D eigenvalue weighted by atomic mass is 16.5. The molecule has 7 nitrogen and oxygen atoms in total. The number of nitrogens with two attached hydrogens (primary N) is 2. The fourth-order valence-electron chi connectivity index (χ4n) is 5.54. The molecule has 0 rings (SSSR count). The van der Waals surface area contributed by atoms with Crippen molar-refractivity contribution < 1.29 is 14.3 Å². The van der Waals surface area contributed by atoms with Gasteiger partial charge in [0.1, 0.15) is 6.04 Å². The summed E-state index contributed by atoms with van der Waals surface area (Å²) in [6.07, 6.45) is 33.3. The smallest absolute Gasteiger partial charge is 0.328 e. The molecule has 0 saturated heterocycles. The van der Waals surface area contributed by atoms with Crippen molar-refractivity contribution in [2.24, 2.45) is 16.5 Å². The quantitative estimate of drug-likeness (QED) is 0.0297. The number of rotatable bonds is 33. The molecule has 43 heavy (non-hydrogen) atoms. The van der Waals surface area contributed by atoms with Crippen LogP contribution in [0.3, 0.4) is 0 Å². The topological polar surface area (TPSA) is 120 Å². The van der Waals surface area contributed by atoms with Crippen LogP contribution < -0.4 is 16.8 Å². The van der Waals surface area contributed by atoms with Crippen molar-refractivity contribution in [3.63, 3.8) is 0 Å². The van der Waals surface area contributed by atoms with E-state index in [4.69, 9.17) is 16.2 Å². The Morgan fingerprint density at radius 2 is 0.977 bits per heavy atom. The molecule has 7 heteroatoms. The maximum absolute atomic E-state index is 12.8. The molecule has 0 aromatic carbocycles. The molecule has 254 valence electrons. The molecule has 1 atom stereocenters. The monoisotopic (exact) mass is 609 g/mol. The van der Waals surface area contributed by atoms with Gasteiger partial charge in [0.2, 0.25) is 5.91 Å². The molecule has 5 N–H and O–H groups in total. The lowest BCUT2D eigenvalue weighted by atomic mass is 10.0. The normalized spacial score (nSPS) is 11.8. The minimum absolute atomic E-state index is 0.0392. The third kappa shape index (κ3) is 31.4. The van der Waals surface area contributed by atoms with Crippen molar-refractivity contribution in [1.82, 2.24) is 5.32 Å². The van der Waals surface area contributed by atoms with Crippen molar-refractivity contribution in [2.45, 2.75) is 200 Å². The maximum Gasteiger partial charge on any atom is 0.328 e. The van der Waals surface area contributed by atoms with Gasteiger partial charge in [0.25, 0.3) is 0 Å². The van der Waals surface area contributed by atoms with Crippen molar-refractivity contribution >= 4 is 17.8 Å². The summed E-state index contributed by atoms with van der Waals surface area (Å²) in [4.78, 5) is 29.4. The van der Waals surface area contributed by atoms with Gasteiger partial charge in [-0.15, -0.1) is 0 Å². The number of carbonyl (C=O) groups excluding carboxylic acids is 2. The Labute approximate surface area is 266 Å². The molecule has 0 bridgehead atoms. The Morgan fingerprint density at radius 1 is 0.581 bits per heavy atom. The summed E-state index contributed by atoms with van der Waals surface area (Å²) >= 11 is 0. The molecule has 0 heterocycles. The summed E-state index contributed by atoms with van der Waals surface area (Å²) in [6, 6.07) is -0.638. The van der Waals surface area contributed by atoms with Gasteiger partial charge in [0, 0.05) is 13.0 Å². The molecule has 0 radical (unpaired) electrons. The second kappa shape index (κ2) is 33.1. The minimum Gasteiger partial charge on any atom is -0.464 e. The summed E-state index contributed by atoms with van der Waals surface area (Å²) in [6.45, 7) is 5.36. The first kappa shape index (κ1) is 41.2. The van der Waals surface area contributed by atoms with Crippen molar-refractivity contribution in [2.75, 3.05) is 13.2 Å². The molecule has 0 aliphatic heterocycles. The fourth-order valence-corrected chi connectivity index (χ4v) is 5.54. The SMILES string of the molecule is CCCCCCCCCCCCCCCCCC(=O)NC(CCCN=C(N)N)C(=O)OCCCCCCCCCCCC. The third-order valence-electron chi connectivity index (χ3n) is 8.31. The van der Waals surface area contributed by atoms with E-state index < -0.39 is 6.04 Å². The average molecular weight is 609 g/mol. The third-order valence-corrected chi connectivity index (χ3v) is 8.31. The Balaban J connectivity index is 4.00. The van der Waals surface area contributed by atoms with E-state index >= 15 is 0 Å². The van der Waals surface area contributed by atoms with Crippen molar-refractivity contribution in [3.05, 3.63) is 0 Å². The van der Waals surface area contributed by atoms with E-state index in [0.29, 0.717) is 32.4 Å². The zero-order valence-electron chi connectivity index (χ0n) is 28.6. The van der Waals surface area contributed by atoms with Crippen LogP contribution in [0.15, 0.2) is 4.99 Å². The molecular formula is C36H72N4O3. The molecule has 1 amide bonds. The van der Waals surface area contributed by atoms with Gasteiger partial charge in [0.05, 0.1) is 6.61 Å². The Kier molecular flexibility index (Phi) is 31.7. The van der Waals surface area contributed by atoms with Gasteiger partial charge in [-0.3, -0.25) is 9.79 Å². The van der Waals surface area contributed by atoms with Gasteiger partial charge in [0.15, 0.2) is 5.96 Å². The maximum atomic E-state index is 12.8. The van der Waals surface area contributed by atoms with E-state index in [2.05, 4.69) is 24.2 Å². The summed E-state index contributed by atoms with van der Waals surface area (Å²) < 4.78 is 5.55. The number of esters is 1. The van der Waals surface area contributed by atoms with Gasteiger partial charge in [-0.05, 0) is 25.7 Å². The number of aliphatic imine (C=N–C) groups is 1. The summed E-state index contributed by atoms with van der Waals surface area (Å²) in [5.41, 5.74) is 10.8. The van der Waals surface area contributed by atoms with Gasteiger partial charge >= 0.3 is 5.97 Å². The largest absolute Gasteiger partial charge is 0.464 e. The zero-order chi connectivity index (χ0) is 31.6. The van der Waals surface area contributed by atoms with Crippen LogP contribution in [0.5, 0.6) is 0 Å². The number of guanidine groups is 1. The Hall–Kier alpha value is -1.79. The highest BCUT2D eigenvalue weighted by Crippen LogP contribution is 2.14. The second-order valence-corrected chi connectivity index (χ2v) is 12.6. The van der Waals surface area contributed by atoms with E-state index in [1.54, 1.807) is 0 Å². The van der Waals surface area contributed by atoms with Crippen LogP contribution in [0.2, 0.25) is 0 Å². The Bertz CT molecular complexity index is 652. The van der Waals surface area contributed by atoms with Crippen LogP contribution in [0.25, 0.3) is 0 Å². The number of ether oxygens (including phenoxy) is 1. The predicted molar refractivity (Wildman–Crippen MR) is 184 cm³/mol. The average Bonchev–Trinajstić information content (AvgIpc) is 2.99. The van der Waals surface area contributed by atoms with Gasteiger partial charge in [-0.1, -0.05) is 162 Å². The van der Waals surface area contributed by atoms with Gasteiger partial charge < -0.3 is 21.5 Å². The molecule has 0 aliphatic carbocycles. The zero-order valence-corrected chi connectivity index (χ0v) is 28.6. The first-order valence-corrected chi connectivity index (χ1v) is 18.5. The van der Waals surface area contributed by atoms with Crippen LogP contribution >= 0.6 is 0 Å². The van der Waals surface area contributed by atoms with Crippen molar-refractivity contribution in [1.29, 1.82) is 0 Å². The van der Waals surface area contributed by atoms with Gasteiger partial charge in [-0.2, -0.15) is 0 Å². The van der Waals surface area contributed by atoms with E-state index in [9.17, 15) is 9.59 Å². The summed E-state index contributed by atoms with van der Waals surface area (Å²) in [7, 11) is 0. The minimum atomic E-state index is -0.638. The number of amides is 1. The number of unbranched alkanes of at least 4 members (excludes halogenated alkanes) is 23. The van der Waals surface area contributed by atoms with Crippen LogP contribution in [0.4, 0.5) is 0 Å². The molecular weight excluding hydrogens is 536 g/mol. The number of hydrogen-bond donors (Lipinski definition) is 3. The molecule has 0 aliphatic rings. The van der Waals surface area contributed by atoms with E-state index in [1.807, 2.05) is 0 Å². The second-order valence-electron chi connectivity index (χ2n) is 12.6. The number of nitrogens with zero attached hydrogens (tertiary/aromatic N) is 1. The lowest BCUT2D eigenvalue weighted by Crippen LogP contribution is -2.42. The molecule has 0 saturated carbocycles. The standard InChI is InChI=1S/C36H72N4O3/c1-3-5-7-9-11-13-15-16-17-18-19-20-22-24-26-30-34(41)40-33(29-28-31-39-36(37)38)35(42)43-32-27-25-23-21-14-12-10-8-6-4-2/h33H,3-32H2,1-2H3,(H,40,41)(H4,37,38,39). The lowest BCUT2D eigenvalue weighted by Gasteiger charge is -2.17. The summed E-state index contributed by atoms with van der Waals surface area (Å²) in [5.74, 6) is -0.375. The first-order chi connectivity index (χ1) is 21.0. The Morgan fingerprint density at radius 3 is 1.40 bits per heavy atom. The van der Waals surface area contributed by atoms with E-state index in [-0.39, 0.29) is 17.8 Å². The number of hydrogen-bond acceptors (Lipinski definition) is 4. The van der Waals surface area contributed by atoms with E-state index in [0.717, 1.165) is 25.7 Å². The van der Waals surface area contributed by atoms with Crippen LogP contribution in [-0.2, 0) is 14.3 Å². The van der Waals surface area contributed by atoms with E-state index in [1.165, 1.54) is 135 Å². The fraction of sp³-hybridized carbons (Fsp3) is 0.917. The van der Waals surface area contributed by atoms with Crippen LogP contribution in [-0.4, -0.2) is 37.0 Å². The van der Waals surface area contributed by atoms with Crippen LogP contribution in [0.1, 0.15) is 194 Å². The van der Waals surface area contributed by atoms with Gasteiger partial charge in [-0.25, -0.2) is 4.79 Å². The molecule has 1 unspecified atom stereocenters. The first-order valence-electron chi connectivity index (χ1n) is 18.5. The molecule has 0 spiro atoms. The molecule has 0 fully saturated rings. The summed E-state index contributed by atoms with van der Waals surface area (Å²) in [5, 5.41) is 2.92. The number of nitrogens with one attached hydrogen (secondary N) is 1. The highest BCUT2D eigenvalue weighted by Gasteiger charge is 2.21. The number of carbonyl (C=O) groups is 2. The van der Waals surface area contributed by atoms with Crippen molar-refractivity contribution in [3.8, 4) is 0 Å². The van der Waals surface area contributed by atoms with Crippen LogP contribution in [0, 0.1) is 0 Å². The molecule has 0 aromatic rings. The molecule has 0 aromatic heterocycles. The predicted octanol–water partition coefficient (Wildman–Crippen LogP) is 9.25. The lowest BCUT2D eigenvalue weighted by molar-refractivity contribution is -0.148.